The molecule has 26 heavy (non-hydrogen) atoms. The van der Waals surface area contributed by atoms with Crippen LogP contribution < -0.4 is 5.32 Å². The number of rotatable bonds is 7. The van der Waals surface area contributed by atoms with Gasteiger partial charge in [-0.05, 0) is 32.9 Å². The van der Waals surface area contributed by atoms with Gasteiger partial charge in [0, 0.05) is 34.1 Å². The predicted molar refractivity (Wildman–Crippen MR) is 108 cm³/mol. The second-order valence-electron chi connectivity index (χ2n) is 6.92. The quantitative estimate of drug-likeness (QED) is 0.665. The van der Waals surface area contributed by atoms with Gasteiger partial charge in [-0.2, -0.15) is 0 Å². The predicted octanol–water partition coefficient (Wildman–Crippen LogP) is 3.81. The van der Waals surface area contributed by atoms with Crippen molar-refractivity contribution < 1.29 is 4.79 Å². The van der Waals surface area contributed by atoms with Gasteiger partial charge in [0.1, 0.15) is 5.01 Å². The standard InChI is InChI=1S/C20H26N4OS/c1-5-14-7-6-8-15-16(9-21-20(14)15)17-12-26-19(23-17)11-24(4)10-18(25)22-13(2)3/h6-9,12-13,21H,5,10-11H2,1-4H3,(H,22,25). The molecular weight excluding hydrogens is 344 g/mol. The Morgan fingerprint density at radius 3 is 2.92 bits per heavy atom. The summed E-state index contributed by atoms with van der Waals surface area (Å²) >= 11 is 1.64. The van der Waals surface area contributed by atoms with Crippen molar-refractivity contribution in [3.63, 3.8) is 0 Å². The van der Waals surface area contributed by atoms with Crippen LogP contribution in [0.2, 0.25) is 0 Å². The van der Waals surface area contributed by atoms with Crippen LogP contribution in [0.1, 0.15) is 31.3 Å². The Labute approximate surface area is 158 Å². The summed E-state index contributed by atoms with van der Waals surface area (Å²) < 4.78 is 0. The van der Waals surface area contributed by atoms with E-state index in [4.69, 9.17) is 4.98 Å². The maximum Gasteiger partial charge on any atom is 0.234 e. The van der Waals surface area contributed by atoms with Gasteiger partial charge in [-0.15, -0.1) is 11.3 Å². The summed E-state index contributed by atoms with van der Waals surface area (Å²) in [5.41, 5.74) is 4.64. The molecule has 1 amide bonds. The van der Waals surface area contributed by atoms with Crippen molar-refractivity contribution in [3.8, 4) is 11.3 Å². The molecule has 0 unspecified atom stereocenters. The minimum atomic E-state index is 0.0444. The summed E-state index contributed by atoms with van der Waals surface area (Å²) in [6, 6.07) is 6.57. The van der Waals surface area contributed by atoms with Crippen molar-refractivity contribution in [3.05, 3.63) is 40.3 Å². The Bertz CT molecular complexity index is 896. The van der Waals surface area contributed by atoms with E-state index in [1.54, 1.807) is 11.3 Å². The Kier molecular flexibility index (Phi) is 5.74. The lowest BCUT2D eigenvalue weighted by molar-refractivity contribution is -0.122. The van der Waals surface area contributed by atoms with Crippen LogP contribution in [0.25, 0.3) is 22.2 Å². The number of H-pyrrole nitrogens is 1. The number of amides is 1. The molecule has 0 aliphatic rings. The number of thiazole rings is 1. The van der Waals surface area contributed by atoms with Crippen LogP contribution >= 0.6 is 11.3 Å². The second-order valence-corrected chi connectivity index (χ2v) is 7.86. The number of carbonyl (C=O) groups is 1. The van der Waals surface area contributed by atoms with Crippen LogP contribution in [-0.4, -0.2) is 40.4 Å². The monoisotopic (exact) mass is 370 g/mol. The number of nitrogens with one attached hydrogen (secondary N) is 2. The molecule has 0 aliphatic carbocycles. The zero-order valence-corrected chi connectivity index (χ0v) is 16.6. The lowest BCUT2D eigenvalue weighted by Gasteiger charge is -2.16. The molecule has 2 N–H and O–H groups in total. The third kappa shape index (κ3) is 4.14. The number of aromatic nitrogens is 2. The first-order chi connectivity index (χ1) is 12.5. The summed E-state index contributed by atoms with van der Waals surface area (Å²) in [5, 5.41) is 7.24. The third-order valence-electron chi connectivity index (χ3n) is 4.28. The Hall–Kier alpha value is -2.18. The molecule has 3 rings (SSSR count). The molecule has 0 fully saturated rings. The van der Waals surface area contributed by atoms with Crippen molar-refractivity contribution >= 4 is 28.1 Å². The number of aryl methyl sites for hydroxylation is 1. The fourth-order valence-electron chi connectivity index (χ4n) is 3.13. The summed E-state index contributed by atoms with van der Waals surface area (Å²) in [7, 11) is 1.94. The SMILES string of the molecule is CCc1cccc2c(-c3csc(CN(C)CC(=O)NC(C)C)n3)c[nH]c12. The molecule has 6 heteroatoms. The topological polar surface area (TPSA) is 61.0 Å². The molecule has 1 aromatic carbocycles. The number of likely N-dealkylation sites (N-methyl/N-ethyl adjacent to an activating group) is 1. The molecule has 5 nitrogen and oxygen atoms in total. The van der Waals surface area contributed by atoms with E-state index in [2.05, 4.69) is 40.8 Å². The number of hydrogen-bond acceptors (Lipinski definition) is 4. The highest BCUT2D eigenvalue weighted by Gasteiger charge is 2.14. The van der Waals surface area contributed by atoms with Crippen molar-refractivity contribution in [2.75, 3.05) is 13.6 Å². The average Bonchev–Trinajstić information content (AvgIpc) is 3.19. The molecule has 0 spiro atoms. The number of carbonyl (C=O) groups excluding carboxylic acids is 1. The molecular formula is C20H26N4OS. The molecule has 3 aromatic rings. The molecule has 0 atom stereocenters. The lowest BCUT2D eigenvalue weighted by atomic mass is 10.1. The molecule has 0 saturated heterocycles. The highest BCUT2D eigenvalue weighted by molar-refractivity contribution is 7.09. The average molecular weight is 371 g/mol. The van der Waals surface area contributed by atoms with E-state index < -0.39 is 0 Å². The minimum absolute atomic E-state index is 0.0444. The number of benzene rings is 1. The summed E-state index contributed by atoms with van der Waals surface area (Å²) in [6.07, 6.45) is 3.05. The number of aromatic amines is 1. The van der Waals surface area contributed by atoms with Crippen LogP contribution in [0.5, 0.6) is 0 Å². The Balaban J connectivity index is 1.73. The third-order valence-corrected chi connectivity index (χ3v) is 5.11. The minimum Gasteiger partial charge on any atom is -0.360 e. The first-order valence-corrected chi connectivity index (χ1v) is 9.87. The fourth-order valence-corrected chi connectivity index (χ4v) is 4.00. The first kappa shape index (κ1) is 18.6. The Morgan fingerprint density at radius 1 is 1.38 bits per heavy atom. The van der Waals surface area contributed by atoms with Crippen molar-refractivity contribution in [2.24, 2.45) is 0 Å². The van der Waals surface area contributed by atoms with E-state index >= 15 is 0 Å². The van der Waals surface area contributed by atoms with E-state index in [1.165, 1.54) is 16.5 Å². The van der Waals surface area contributed by atoms with Gasteiger partial charge < -0.3 is 10.3 Å². The number of nitrogens with zero attached hydrogens (tertiary/aromatic N) is 2. The van der Waals surface area contributed by atoms with Gasteiger partial charge in [-0.25, -0.2) is 4.98 Å². The summed E-state index contributed by atoms with van der Waals surface area (Å²) in [5.74, 6) is 0.0444. The summed E-state index contributed by atoms with van der Waals surface area (Å²) in [4.78, 5) is 22.1. The zero-order valence-electron chi connectivity index (χ0n) is 15.8. The smallest absolute Gasteiger partial charge is 0.234 e. The van der Waals surface area contributed by atoms with E-state index in [0.29, 0.717) is 13.1 Å². The molecule has 138 valence electrons. The molecule has 2 heterocycles. The maximum absolute atomic E-state index is 11.9. The number of hydrogen-bond donors (Lipinski definition) is 2. The van der Waals surface area contributed by atoms with Crippen LogP contribution in [0, 0.1) is 0 Å². The van der Waals surface area contributed by atoms with Gasteiger partial charge in [-0.1, -0.05) is 25.1 Å². The normalized spacial score (nSPS) is 11.6. The van der Waals surface area contributed by atoms with Crippen LogP contribution in [0.3, 0.4) is 0 Å². The van der Waals surface area contributed by atoms with Gasteiger partial charge in [-0.3, -0.25) is 9.69 Å². The van der Waals surface area contributed by atoms with Crippen molar-refractivity contribution in [2.45, 2.75) is 39.8 Å². The van der Waals surface area contributed by atoms with Crippen LogP contribution in [0.4, 0.5) is 0 Å². The van der Waals surface area contributed by atoms with E-state index in [-0.39, 0.29) is 11.9 Å². The number of fused-ring (bicyclic) bond motifs is 1. The maximum atomic E-state index is 11.9. The van der Waals surface area contributed by atoms with Crippen LogP contribution in [0.15, 0.2) is 29.8 Å². The molecule has 2 aromatic heterocycles. The molecule has 0 saturated carbocycles. The fraction of sp³-hybridized carbons (Fsp3) is 0.400. The highest BCUT2D eigenvalue weighted by atomic mass is 32.1. The number of para-hydroxylation sites is 1. The van der Waals surface area contributed by atoms with Gasteiger partial charge in [0.05, 0.1) is 18.8 Å². The molecule has 0 bridgehead atoms. The molecule has 0 aliphatic heterocycles. The first-order valence-electron chi connectivity index (χ1n) is 8.99. The lowest BCUT2D eigenvalue weighted by Crippen LogP contribution is -2.38. The van der Waals surface area contributed by atoms with Gasteiger partial charge in [0.15, 0.2) is 0 Å². The van der Waals surface area contributed by atoms with Crippen molar-refractivity contribution in [1.29, 1.82) is 0 Å². The Morgan fingerprint density at radius 2 is 2.19 bits per heavy atom. The molecule has 0 radical (unpaired) electrons. The van der Waals surface area contributed by atoms with Gasteiger partial charge in [0.2, 0.25) is 5.91 Å². The van der Waals surface area contributed by atoms with E-state index in [1.807, 2.05) is 32.0 Å². The van der Waals surface area contributed by atoms with Gasteiger partial charge >= 0.3 is 0 Å². The highest BCUT2D eigenvalue weighted by Crippen LogP contribution is 2.31. The van der Waals surface area contributed by atoms with E-state index in [0.717, 1.165) is 22.7 Å². The summed E-state index contributed by atoms with van der Waals surface area (Å²) in [6.45, 7) is 7.15. The van der Waals surface area contributed by atoms with E-state index in [9.17, 15) is 4.79 Å². The second kappa shape index (κ2) is 8.01. The largest absolute Gasteiger partial charge is 0.360 e. The van der Waals surface area contributed by atoms with Gasteiger partial charge in [0.25, 0.3) is 0 Å². The zero-order chi connectivity index (χ0) is 18.7. The van der Waals surface area contributed by atoms with Crippen LogP contribution in [-0.2, 0) is 17.8 Å². The van der Waals surface area contributed by atoms with Crippen molar-refractivity contribution in [1.82, 2.24) is 20.2 Å².